The second kappa shape index (κ2) is 14.1. The van der Waals surface area contributed by atoms with E-state index in [1.807, 2.05) is 7.05 Å². The Morgan fingerprint density at radius 1 is 0.864 bits per heavy atom. The molecule has 0 aliphatic carbocycles. The van der Waals surface area contributed by atoms with Gasteiger partial charge in [0.15, 0.2) is 0 Å². The lowest BCUT2D eigenvalue weighted by molar-refractivity contribution is -0.889. The summed E-state index contributed by atoms with van der Waals surface area (Å²) in [6, 6.07) is 0. The van der Waals surface area contributed by atoms with Crippen LogP contribution in [-0.4, -0.2) is 51.8 Å². The van der Waals surface area contributed by atoms with Crippen molar-refractivity contribution in [2.75, 3.05) is 47.3 Å². The number of nitrogens with zero attached hydrogens (tertiary/aromatic N) is 1. The third-order valence-electron chi connectivity index (χ3n) is 4.36. The Hall–Kier alpha value is -0.540. The molecule has 2 N–H and O–H groups in total. The number of rotatable bonds is 16. The highest BCUT2D eigenvalue weighted by atomic mass is 15.3. The molecule has 0 aromatic heterocycles. The largest absolute Gasteiger partial charge is 0.383 e. The molecule has 0 atom stereocenters. The van der Waals surface area contributed by atoms with Gasteiger partial charge in [0.25, 0.3) is 0 Å². The van der Waals surface area contributed by atoms with Gasteiger partial charge in [-0.1, -0.05) is 39.2 Å². The van der Waals surface area contributed by atoms with Crippen molar-refractivity contribution in [1.82, 2.24) is 10.6 Å². The standard InChI is InChI=1S/C19H42N3/c1-6-7-13-17-22(4,5)18-16-21-19(2)14-11-9-8-10-12-15-20-3/h20-21H,2,6-18H2,1,3-5H3/q+1. The van der Waals surface area contributed by atoms with Gasteiger partial charge in [-0.05, 0) is 45.7 Å². The minimum absolute atomic E-state index is 1.06. The van der Waals surface area contributed by atoms with E-state index in [2.05, 4.69) is 38.2 Å². The maximum Gasteiger partial charge on any atom is 0.0957 e. The van der Waals surface area contributed by atoms with Gasteiger partial charge in [0.05, 0.1) is 33.7 Å². The van der Waals surface area contributed by atoms with Crippen LogP contribution in [0.1, 0.15) is 64.7 Å². The molecule has 3 heteroatoms. The van der Waals surface area contributed by atoms with Crippen LogP contribution < -0.4 is 10.6 Å². The van der Waals surface area contributed by atoms with Crippen molar-refractivity contribution in [3.05, 3.63) is 12.3 Å². The predicted molar refractivity (Wildman–Crippen MR) is 100 cm³/mol. The highest BCUT2D eigenvalue weighted by Crippen LogP contribution is 2.08. The van der Waals surface area contributed by atoms with Gasteiger partial charge in [-0.2, -0.15) is 0 Å². The number of allylic oxidation sites excluding steroid dienone is 1. The average Bonchev–Trinajstić information content (AvgIpc) is 2.46. The summed E-state index contributed by atoms with van der Waals surface area (Å²) in [7, 11) is 6.70. The summed E-state index contributed by atoms with van der Waals surface area (Å²) in [4.78, 5) is 0. The fourth-order valence-electron chi connectivity index (χ4n) is 2.70. The fourth-order valence-corrected chi connectivity index (χ4v) is 2.70. The van der Waals surface area contributed by atoms with Gasteiger partial charge < -0.3 is 15.1 Å². The van der Waals surface area contributed by atoms with Gasteiger partial charge in [0.2, 0.25) is 0 Å². The van der Waals surface area contributed by atoms with E-state index in [0.29, 0.717) is 0 Å². The second-order valence-corrected chi connectivity index (χ2v) is 7.24. The molecule has 0 fully saturated rings. The van der Waals surface area contributed by atoms with Crippen molar-refractivity contribution in [1.29, 1.82) is 0 Å². The Kier molecular flexibility index (Phi) is 13.7. The Balaban J connectivity index is 3.48. The summed E-state index contributed by atoms with van der Waals surface area (Å²) in [5.41, 5.74) is 1.23. The summed E-state index contributed by atoms with van der Waals surface area (Å²) >= 11 is 0. The number of hydrogen-bond donors (Lipinski definition) is 2. The van der Waals surface area contributed by atoms with Gasteiger partial charge in [0.1, 0.15) is 0 Å². The van der Waals surface area contributed by atoms with E-state index in [-0.39, 0.29) is 0 Å². The Morgan fingerprint density at radius 3 is 2.23 bits per heavy atom. The van der Waals surface area contributed by atoms with Crippen molar-refractivity contribution in [3.8, 4) is 0 Å². The van der Waals surface area contributed by atoms with E-state index >= 15 is 0 Å². The fraction of sp³-hybridized carbons (Fsp3) is 0.895. The molecule has 0 spiro atoms. The molecule has 0 aromatic carbocycles. The van der Waals surface area contributed by atoms with Gasteiger partial charge in [-0.15, -0.1) is 0 Å². The molecule has 0 aromatic rings. The maximum atomic E-state index is 4.17. The van der Waals surface area contributed by atoms with Crippen LogP contribution in [0, 0.1) is 0 Å². The zero-order valence-corrected chi connectivity index (χ0v) is 15.8. The third-order valence-corrected chi connectivity index (χ3v) is 4.36. The number of hydrogen-bond acceptors (Lipinski definition) is 2. The van der Waals surface area contributed by atoms with Crippen LogP contribution in [0.15, 0.2) is 12.3 Å². The first-order chi connectivity index (χ1) is 10.5. The first-order valence-corrected chi connectivity index (χ1v) is 9.40. The summed E-state index contributed by atoms with van der Waals surface area (Å²) in [5, 5.41) is 6.72. The summed E-state index contributed by atoms with van der Waals surface area (Å²) in [6.45, 7) is 11.1. The Bertz CT molecular complexity index is 261. The van der Waals surface area contributed by atoms with E-state index in [9.17, 15) is 0 Å². The molecule has 0 saturated heterocycles. The van der Waals surface area contributed by atoms with Crippen molar-refractivity contribution in [2.24, 2.45) is 0 Å². The molecule has 0 radical (unpaired) electrons. The van der Waals surface area contributed by atoms with Crippen LogP contribution in [0.5, 0.6) is 0 Å². The molecule has 0 unspecified atom stereocenters. The van der Waals surface area contributed by atoms with Gasteiger partial charge in [0, 0.05) is 5.70 Å². The first-order valence-electron chi connectivity index (χ1n) is 9.40. The molecular weight excluding hydrogens is 270 g/mol. The number of unbranched alkanes of at least 4 members (excludes halogenated alkanes) is 6. The quantitative estimate of drug-likeness (QED) is 0.333. The summed E-state index contributed by atoms with van der Waals surface area (Å²) < 4.78 is 1.12. The average molecular weight is 313 g/mol. The highest BCUT2D eigenvalue weighted by Gasteiger charge is 2.13. The van der Waals surface area contributed by atoms with E-state index in [1.54, 1.807) is 0 Å². The molecule has 0 bridgehead atoms. The van der Waals surface area contributed by atoms with Crippen molar-refractivity contribution < 1.29 is 4.48 Å². The number of likely N-dealkylation sites (N-methyl/N-ethyl adjacent to an activating group) is 1. The zero-order valence-electron chi connectivity index (χ0n) is 15.8. The molecule has 3 nitrogen and oxygen atoms in total. The summed E-state index contributed by atoms with van der Waals surface area (Å²) in [5.74, 6) is 0. The van der Waals surface area contributed by atoms with Crippen LogP contribution in [0.25, 0.3) is 0 Å². The first kappa shape index (κ1) is 21.5. The van der Waals surface area contributed by atoms with Gasteiger partial charge in [-0.3, -0.25) is 0 Å². The maximum absolute atomic E-state index is 4.17. The monoisotopic (exact) mass is 312 g/mol. The molecule has 0 rings (SSSR count). The van der Waals surface area contributed by atoms with E-state index < -0.39 is 0 Å². The molecule has 22 heavy (non-hydrogen) atoms. The molecule has 0 aliphatic rings. The van der Waals surface area contributed by atoms with Gasteiger partial charge >= 0.3 is 0 Å². The number of quaternary nitrogens is 1. The second-order valence-electron chi connectivity index (χ2n) is 7.24. The Morgan fingerprint density at radius 2 is 1.55 bits per heavy atom. The topological polar surface area (TPSA) is 24.1 Å². The molecular formula is C19H42N3+. The number of nitrogens with one attached hydrogen (secondary N) is 2. The van der Waals surface area contributed by atoms with Crippen molar-refractivity contribution >= 4 is 0 Å². The lowest BCUT2D eigenvalue weighted by Crippen LogP contribution is -2.44. The smallest absolute Gasteiger partial charge is 0.0957 e. The van der Waals surface area contributed by atoms with Crippen LogP contribution >= 0.6 is 0 Å². The molecule has 0 aliphatic heterocycles. The molecule has 0 heterocycles. The van der Waals surface area contributed by atoms with E-state index in [0.717, 1.165) is 24.0 Å². The van der Waals surface area contributed by atoms with Gasteiger partial charge in [-0.25, -0.2) is 0 Å². The molecule has 0 amide bonds. The third kappa shape index (κ3) is 14.4. The minimum atomic E-state index is 1.06. The zero-order chi connectivity index (χ0) is 16.7. The minimum Gasteiger partial charge on any atom is -0.383 e. The Labute approximate surface area is 140 Å². The molecule has 132 valence electrons. The van der Waals surface area contributed by atoms with E-state index in [4.69, 9.17) is 0 Å². The SMILES string of the molecule is C=C(CCCCCCCNC)NCC[N+](C)(C)CCCCC. The van der Waals surface area contributed by atoms with Crippen LogP contribution in [0.4, 0.5) is 0 Å². The lowest BCUT2D eigenvalue weighted by atomic mass is 10.1. The van der Waals surface area contributed by atoms with Crippen molar-refractivity contribution in [2.45, 2.75) is 64.7 Å². The predicted octanol–water partition coefficient (Wildman–Crippen LogP) is 3.92. The van der Waals surface area contributed by atoms with E-state index in [1.165, 1.54) is 70.2 Å². The van der Waals surface area contributed by atoms with Crippen molar-refractivity contribution in [3.63, 3.8) is 0 Å². The normalized spacial score (nSPS) is 11.6. The van der Waals surface area contributed by atoms with Crippen LogP contribution in [-0.2, 0) is 0 Å². The molecule has 0 saturated carbocycles. The highest BCUT2D eigenvalue weighted by molar-refractivity contribution is 4.90. The lowest BCUT2D eigenvalue weighted by Gasteiger charge is -2.30. The van der Waals surface area contributed by atoms with Crippen LogP contribution in [0.3, 0.4) is 0 Å². The van der Waals surface area contributed by atoms with Crippen LogP contribution in [0.2, 0.25) is 0 Å². The summed E-state index contributed by atoms with van der Waals surface area (Å²) in [6.07, 6.45) is 11.8.